The van der Waals surface area contributed by atoms with E-state index in [1.165, 1.54) is 37.7 Å². The van der Waals surface area contributed by atoms with Gasteiger partial charge in [0.15, 0.2) is 0 Å². The molecule has 0 radical (unpaired) electrons. The number of carbonyl (C=O) groups excluding carboxylic acids is 1. The molecule has 0 N–H and O–H groups in total. The second kappa shape index (κ2) is 4.94. The Balaban J connectivity index is 1.69. The van der Waals surface area contributed by atoms with Gasteiger partial charge in [-0.15, -0.1) is 0 Å². The Kier molecular flexibility index (Phi) is 3.25. The molecule has 1 nitrogen and oxygen atoms in total. The van der Waals surface area contributed by atoms with E-state index in [1.807, 2.05) is 6.92 Å². The third-order valence-corrected chi connectivity index (χ3v) is 7.37. The van der Waals surface area contributed by atoms with Gasteiger partial charge in [-0.2, -0.15) is 0 Å². The first kappa shape index (κ1) is 14.5. The molecule has 2 fully saturated rings. The molecule has 4 rings (SSSR count). The van der Waals surface area contributed by atoms with Crippen molar-refractivity contribution in [3.63, 3.8) is 0 Å². The van der Waals surface area contributed by atoms with Crippen molar-refractivity contribution in [3.05, 3.63) is 34.9 Å². The minimum atomic E-state index is 0.287. The molecule has 1 heteroatoms. The summed E-state index contributed by atoms with van der Waals surface area (Å²) in [5.41, 5.74) is 4.92. The van der Waals surface area contributed by atoms with Crippen LogP contribution in [-0.2, 0) is 11.2 Å². The summed E-state index contributed by atoms with van der Waals surface area (Å²) < 4.78 is 0. The van der Waals surface area contributed by atoms with Crippen LogP contribution in [0.3, 0.4) is 0 Å². The maximum Gasteiger partial charge on any atom is 0.133 e. The van der Waals surface area contributed by atoms with Crippen molar-refractivity contribution < 1.29 is 4.79 Å². The van der Waals surface area contributed by atoms with Crippen molar-refractivity contribution in [2.45, 2.75) is 65.2 Å². The van der Waals surface area contributed by atoms with Crippen LogP contribution in [0.2, 0.25) is 0 Å². The Hall–Kier alpha value is -1.11. The third-order valence-electron chi connectivity index (χ3n) is 7.37. The van der Waals surface area contributed by atoms with E-state index in [1.54, 1.807) is 11.1 Å². The summed E-state index contributed by atoms with van der Waals surface area (Å²) in [7, 11) is 0. The molecule has 1 aromatic rings. The van der Waals surface area contributed by atoms with Crippen LogP contribution in [0.15, 0.2) is 18.2 Å². The van der Waals surface area contributed by atoms with Gasteiger partial charge in [0.2, 0.25) is 0 Å². The monoisotopic (exact) mass is 296 g/mol. The summed E-state index contributed by atoms with van der Waals surface area (Å²) in [6.07, 6.45) is 7.54. The smallest absolute Gasteiger partial charge is 0.133 e. The van der Waals surface area contributed by atoms with Crippen LogP contribution in [0, 0.1) is 30.1 Å². The number of carbonyl (C=O) groups is 1. The molecular formula is C21H28O. The van der Waals surface area contributed by atoms with Crippen LogP contribution in [0.4, 0.5) is 0 Å². The zero-order valence-corrected chi connectivity index (χ0v) is 14.2. The SMILES string of the molecule is CC(=O)C1CCC2C3CCc4cc(C)ccc4C3CCC12C. The Labute approximate surface area is 134 Å². The van der Waals surface area contributed by atoms with Gasteiger partial charge < -0.3 is 0 Å². The van der Waals surface area contributed by atoms with Gasteiger partial charge in [-0.25, -0.2) is 0 Å². The van der Waals surface area contributed by atoms with E-state index in [4.69, 9.17) is 0 Å². The maximum atomic E-state index is 12.1. The zero-order valence-electron chi connectivity index (χ0n) is 14.2. The first-order chi connectivity index (χ1) is 10.5. The fraction of sp³-hybridized carbons (Fsp3) is 0.667. The van der Waals surface area contributed by atoms with Crippen molar-refractivity contribution in [2.24, 2.45) is 23.2 Å². The normalized spacial score (nSPS) is 39.8. The van der Waals surface area contributed by atoms with Crippen LogP contribution >= 0.6 is 0 Å². The molecule has 0 spiro atoms. The largest absolute Gasteiger partial charge is 0.300 e. The minimum absolute atomic E-state index is 0.287. The molecule has 0 aromatic heterocycles. The number of ketones is 1. The minimum Gasteiger partial charge on any atom is -0.300 e. The molecule has 118 valence electrons. The van der Waals surface area contributed by atoms with Gasteiger partial charge in [0.05, 0.1) is 0 Å². The number of fused-ring (bicyclic) bond motifs is 5. The van der Waals surface area contributed by atoms with Crippen LogP contribution in [-0.4, -0.2) is 5.78 Å². The summed E-state index contributed by atoms with van der Waals surface area (Å²) in [4.78, 5) is 12.1. The molecule has 0 aliphatic heterocycles. The molecule has 5 atom stereocenters. The lowest BCUT2D eigenvalue weighted by molar-refractivity contribution is -0.125. The van der Waals surface area contributed by atoms with Crippen molar-refractivity contribution in [1.82, 2.24) is 0 Å². The standard InChI is InChI=1S/C21H28O/c1-13-4-6-16-15(12-13)5-7-18-17(16)10-11-21(3)19(14(2)22)8-9-20(18)21/h4,6,12,17-20H,5,7-11H2,1-3H3. The van der Waals surface area contributed by atoms with Crippen molar-refractivity contribution in [2.75, 3.05) is 0 Å². The van der Waals surface area contributed by atoms with Crippen LogP contribution in [0.5, 0.6) is 0 Å². The first-order valence-electron chi connectivity index (χ1n) is 9.10. The van der Waals surface area contributed by atoms with Crippen molar-refractivity contribution in [1.29, 1.82) is 0 Å². The molecule has 0 bridgehead atoms. The molecule has 22 heavy (non-hydrogen) atoms. The molecule has 1 aromatic carbocycles. The number of Topliss-reactive ketones (excluding diaryl/α,β-unsaturated/α-hetero) is 1. The third kappa shape index (κ3) is 1.94. The second-order valence-electron chi connectivity index (χ2n) is 8.40. The van der Waals surface area contributed by atoms with Gasteiger partial charge in [0.1, 0.15) is 5.78 Å². The Morgan fingerprint density at radius 1 is 1.18 bits per heavy atom. The maximum absolute atomic E-state index is 12.1. The lowest BCUT2D eigenvalue weighted by Crippen LogP contribution is -2.43. The molecule has 0 saturated heterocycles. The van der Waals surface area contributed by atoms with E-state index < -0.39 is 0 Å². The number of benzene rings is 1. The number of rotatable bonds is 1. The van der Waals surface area contributed by atoms with Gasteiger partial charge in [-0.1, -0.05) is 30.7 Å². The molecular weight excluding hydrogens is 268 g/mol. The average molecular weight is 296 g/mol. The van der Waals surface area contributed by atoms with Gasteiger partial charge in [-0.05, 0) is 86.7 Å². The lowest BCUT2D eigenvalue weighted by Gasteiger charge is -2.50. The summed E-state index contributed by atoms with van der Waals surface area (Å²) in [6, 6.07) is 7.11. The van der Waals surface area contributed by atoms with Crippen LogP contribution in [0.1, 0.15) is 68.6 Å². The summed E-state index contributed by atoms with van der Waals surface area (Å²) in [5.74, 6) is 3.12. The molecule has 5 unspecified atom stereocenters. The predicted molar refractivity (Wildman–Crippen MR) is 90.0 cm³/mol. The highest BCUT2D eigenvalue weighted by molar-refractivity contribution is 5.79. The highest BCUT2D eigenvalue weighted by Crippen LogP contribution is 2.63. The van der Waals surface area contributed by atoms with E-state index in [-0.39, 0.29) is 5.41 Å². The zero-order chi connectivity index (χ0) is 15.5. The highest BCUT2D eigenvalue weighted by atomic mass is 16.1. The van der Waals surface area contributed by atoms with Gasteiger partial charge in [0, 0.05) is 5.92 Å². The molecule has 3 aliphatic rings. The van der Waals surface area contributed by atoms with Gasteiger partial charge >= 0.3 is 0 Å². The Bertz CT molecular complexity index is 616. The Morgan fingerprint density at radius 2 is 2.00 bits per heavy atom. The molecule has 3 aliphatic carbocycles. The highest BCUT2D eigenvalue weighted by Gasteiger charge is 2.55. The molecule has 2 saturated carbocycles. The van der Waals surface area contributed by atoms with Gasteiger partial charge in [0.25, 0.3) is 0 Å². The van der Waals surface area contributed by atoms with E-state index in [0.29, 0.717) is 11.7 Å². The number of hydrogen-bond acceptors (Lipinski definition) is 1. The quantitative estimate of drug-likeness (QED) is 0.708. The summed E-state index contributed by atoms with van der Waals surface area (Å²) in [6.45, 7) is 6.46. The fourth-order valence-corrected chi connectivity index (χ4v) is 6.38. The molecule has 0 heterocycles. The summed E-state index contributed by atoms with van der Waals surface area (Å²) >= 11 is 0. The van der Waals surface area contributed by atoms with Crippen molar-refractivity contribution in [3.8, 4) is 0 Å². The van der Waals surface area contributed by atoms with E-state index in [9.17, 15) is 4.79 Å². The van der Waals surface area contributed by atoms with Gasteiger partial charge in [-0.3, -0.25) is 4.79 Å². The topological polar surface area (TPSA) is 17.1 Å². The first-order valence-corrected chi connectivity index (χ1v) is 9.10. The fourth-order valence-electron chi connectivity index (χ4n) is 6.38. The van der Waals surface area contributed by atoms with E-state index in [2.05, 4.69) is 32.0 Å². The number of hydrogen-bond donors (Lipinski definition) is 0. The van der Waals surface area contributed by atoms with E-state index in [0.717, 1.165) is 24.2 Å². The van der Waals surface area contributed by atoms with Crippen molar-refractivity contribution >= 4 is 5.78 Å². The summed E-state index contributed by atoms with van der Waals surface area (Å²) in [5, 5.41) is 0. The average Bonchev–Trinajstić information content (AvgIpc) is 2.84. The predicted octanol–water partition coefficient (Wildman–Crippen LogP) is 5.06. The van der Waals surface area contributed by atoms with E-state index >= 15 is 0 Å². The van der Waals surface area contributed by atoms with Crippen LogP contribution in [0.25, 0.3) is 0 Å². The Morgan fingerprint density at radius 3 is 2.77 bits per heavy atom. The number of aryl methyl sites for hydroxylation is 2. The molecule has 0 amide bonds. The second-order valence-corrected chi connectivity index (χ2v) is 8.40. The van der Waals surface area contributed by atoms with Crippen LogP contribution < -0.4 is 0 Å². The lowest BCUT2D eigenvalue weighted by atomic mass is 9.54.